The Morgan fingerprint density at radius 3 is 2.69 bits per heavy atom. The maximum Gasteiger partial charge on any atom is 0.349 e. The van der Waals surface area contributed by atoms with Crippen LogP contribution >= 0.6 is 0 Å². The first kappa shape index (κ1) is 21.7. The molecular formula is C22H21FN2O7. The van der Waals surface area contributed by atoms with E-state index in [0.29, 0.717) is 11.1 Å². The van der Waals surface area contributed by atoms with E-state index in [1.165, 1.54) is 25.3 Å². The molecule has 1 aliphatic heterocycles. The number of ether oxygens (including phenoxy) is 2. The normalized spacial score (nSPS) is 18.4. The smallest absolute Gasteiger partial charge is 0.349 e. The van der Waals surface area contributed by atoms with E-state index in [-0.39, 0.29) is 36.4 Å². The van der Waals surface area contributed by atoms with Crippen LogP contribution in [0.4, 0.5) is 4.39 Å². The number of pyridine rings is 2. The van der Waals surface area contributed by atoms with Gasteiger partial charge in [-0.15, -0.1) is 0 Å². The zero-order chi connectivity index (χ0) is 23.2. The van der Waals surface area contributed by atoms with E-state index < -0.39 is 40.5 Å². The molecular weight excluding hydrogens is 423 g/mol. The Morgan fingerprint density at radius 2 is 2.06 bits per heavy atom. The molecule has 0 spiro atoms. The molecule has 32 heavy (non-hydrogen) atoms. The summed E-state index contributed by atoms with van der Waals surface area (Å²) in [6.45, 7) is 2.63. The maximum absolute atomic E-state index is 13.3. The SMILES string of the molecule is CCOC(O)c1c(O)c2ncc(Cc3ccc(F)cc3)c3c2n(c1=O)CC(C)(C(=O)O)O3. The Kier molecular flexibility index (Phi) is 5.35. The molecule has 0 saturated heterocycles. The highest BCUT2D eigenvalue weighted by atomic mass is 19.1. The number of aromatic nitrogens is 2. The number of carboxylic acid groups (broad SMARTS) is 1. The average Bonchev–Trinajstić information content (AvgIpc) is 2.74. The second-order valence-electron chi connectivity index (χ2n) is 7.71. The van der Waals surface area contributed by atoms with Crippen molar-refractivity contribution >= 4 is 17.0 Å². The van der Waals surface area contributed by atoms with Crippen LogP contribution in [0.1, 0.15) is 36.8 Å². The number of aromatic hydroxyl groups is 1. The van der Waals surface area contributed by atoms with Crippen molar-refractivity contribution in [2.24, 2.45) is 0 Å². The number of hydrogen-bond donors (Lipinski definition) is 3. The van der Waals surface area contributed by atoms with Crippen LogP contribution in [0.2, 0.25) is 0 Å². The van der Waals surface area contributed by atoms with E-state index in [9.17, 15) is 29.3 Å². The fraction of sp³-hybridized carbons (Fsp3) is 0.318. The van der Waals surface area contributed by atoms with E-state index in [4.69, 9.17) is 9.47 Å². The molecule has 1 aliphatic rings. The van der Waals surface area contributed by atoms with Gasteiger partial charge in [-0.2, -0.15) is 0 Å². The van der Waals surface area contributed by atoms with Crippen molar-refractivity contribution < 1.29 is 34.0 Å². The maximum atomic E-state index is 13.3. The molecule has 4 rings (SSSR count). The molecule has 2 unspecified atom stereocenters. The number of carbonyl (C=O) groups is 1. The first-order valence-corrected chi connectivity index (χ1v) is 9.90. The third kappa shape index (κ3) is 3.47. The highest BCUT2D eigenvalue weighted by Crippen LogP contribution is 2.41. The Morgan fingerprint density at radius 1 is 1.38 bits per heavy atom. The molecule has 10 heteroatoms. The van der Waals surface area contributed by atoms with E-state index in [1.807, 2.05) is 0 Å². The van der Waals surface area contributed by atoms with Crippen molar-refractivity contribution in [3.05, 3.63) is 63.3 Å². The van der Waals surface area contributed by atoms with E-state index in [0.717, 1.165) is 4.57 Å². The molecule has 3 N–H and O–H groups in total. The summed E-state index contributed by atoms with van der Waals surface area (Å²) in [6, 6.07) is 5.72. The topological polar surface area (TPSA) is 131 Å². The van der Waals surface area contributed by atoms with Crippen molar-refractivity contribution in [1.82, 2.24) is 9.55 Å². The van der Waals surface area contributed by atoms with Crippen LogP contribution in [0.25, 0.3) is 11.0 Å². The van der Waals surface area contributed by atoms with E-state index >= 15 is 0 Å². The van der Waals surface area contributed by atoms with Crippen LogP contribution in [0.5, 0.6) is 11.5 Å². The highest BCUT2D eigenvalue weighted by Gasteiger charge is 2.43. The van der Waals surface area contributed by atoms with Gasteiger partial charge in [0.15, 0.2) is 17.8 Å². The number of aliphatic carboxylic acids is 1. The molecule has 0 saturated carbocycles. The summed E-state index contributed by atoms with van der Waals surface area (Å²) in [5.74, 6) is -2.20. The van der Waals surface area contributed by atoms with Crippen molar-refractivity contribution in [2.45, 2.75) is 38.7 Å². The van der Waals surface area contributed by atoms with Crippen molar-refractivity contribution in [3.63, 3.8) is 0 Å². The number of carboxylic acids is 1. The number of aliphatic hydroxyl groups is 1. The second-order valence-corrected chi connectivity index (χ2v) is 7.71. The molecule has 0 radical (unpaired) electrons. The number of nitrogens with zero attached hydrogens (tertiary/aromatic N) is 2. The summed E-state index contributed by atoms with van der Waals surface area (Å²) in [6.07, 6.45) is -0.115. The summed E-state index contributed by atoms with van der Waals surface area (Å²) >= 11 is 0. The molecule has 3 aromatic rings. The lowest BCUT2D eigenvalue weighted by atomic mass is 9.99. The van der Waals surface area contributed by atoms with Crippen molar-refractivity contribution in [3.8, 4) is 11.5 Å². The van der Waals surface area contributed by atoms with Gasteiger partial charge in [-0.1, -0.05) is 12.1 Å². The number of hydrogen-bond acceptors (Lipinski definition) is 7. The molecule has 0 amide bonds. The lowest BCUT2D eigenvalue weighted by Gasteiger charge is -2.34. The standard InChI is InChI=1S/C22H21FN2O7/c1-3-31-20(28)14-17(26)15-16-18(32-22(2,21(29)30)10-25(16)19(14)27)12(9-24-15)8-11-4-6-13(23)7-5-11/h4-7,9,20,26,28H,3,8,10H2,1-2H3,(H,29,30). The molecule has 2 aromatic heterocycles. The van der Waals surface area contributed by atoms with Gasteiger partial charge >= 0.3 is 5.97 Å². The predicted molar refractivity (Wildman–Crippen MR) is 110 cm³/mol. The summed E-state index contributed by atoms with van der Waals surface area (Å²) < 4.78 is 25.3. The summed E-state index contributed by atoms with van der Waals surface area (Å²) in [4.78, 5) is 29.4. The first-order chi connectivity index (χ1) is 15.2. The molecule has 0 aliphatic carbocycles. The minimum Gasteiger partial charge on any atom is -0.505 e. The van der Waals surface area contributed by atoms with E-state index in [1.54, 1.807) is 19.1 Å². The number of halogens is 1. The zero-order valence-electron chi connectivity index (χ0n) is 17.3. The summed E-state index contributed by atoms with van der Waals surface area (Å²) in [5.41, 5.74) is -1.82. The molecule has 0 fully saturated rings. The lowest BCUT2D eigenvalue weighted by molar-refractivity contribution is -0.155. The summed E-state index contributed by atoms with van der Waals surface area (Å²) in [7, 11) is 0. The highest BCUT2D eigenvalue weighted by molar-refractivity contribution is 5.90. The Bertz CT molecular complexity index is 1270. The van der Waals surface area contributed by atoms with Crippen molar-refractivity contribution in [2.75, 3.05) is 6.61 Å². The van der Waals surface area contributed by atoms with Crippen LogP contribution in [-0.4, -0.2) is 43.0 Å². The molecule has 168 valence electrons. The van der Waals surface area contributed by atoms with Gasteiger partial charge < -0.3 is 24.8 Å². The van der Waals surface area contributed by atoms with Gasteiger partial charge in [-0.3, -0.25) is 14.3 Å². The van der Waals surface area contributed by atoms with Crippen LogP contribution in [0.15, 0.2) is 35.3 Å². The average molecular weight is 444 g/mol. The van der Waals surface area contributed by atoms with Crippen LogP contribution < -0.4 is 10.3 Å². The third-order valence-corrected chi connectivity index (χ3v) is 5.42. The molecule has 1 aromatic carbocycles. The lowest BCUT2D eigenvalue weighted by Crippen LogP contribution is -2.50. The van der Waals surface area contributed by atoms with Gasteiger partial charge in [0.05, 0.1) is 6.54 Å². The predicted octanol–water partition coefficient (Wildman–Crippen LogP) is 2.10. The van der Waals surface area contributed by atoms with Gasteiger partial charge in [-0.05, 0) is 31.5 Å². The molecule has 2 atom stereocenters. The van der Waals surface area contributed by atoms with Gasteiger partial charge in [0.2, 0.25) is 5.60 Å². The van der Waals surface area contributed by atoms with E-state index in [2.05, 4.69) is 4.98 Å². The Hall–Kier alpha value is -3.50. The molecule has 9 nitrogen and oxygen atoms in total. The fourth-order valence-corrected chi connectivity index (χ4v) is 3.77. The van der Waals surface area contributed by atoms with Gasteiger partial charge in [0, 0.05) is 24.8 Å². The fourth-order valence-electron chi connectivity index (χ4n) is 3.77. The summed E-state index contributed by atoms with van der Waals surface area (Å²) in [5, 5.41) is 30.8. The zero-order valence-corrected chi connectivity index (χ0v) is 17.3. The van der Waals surface area contributed by atoms with Crippen LogP contribution in [0.3, 0.4) is 0 Å². The van der Waals surface area contributed by atoms with Crippen LogP contribution in [0, 0.1) is 5.82 Å². The number of rotatable bonds is 6. The molecule has 0 bridgehead atoms. The second kappa shape index (κ2) is 7.88. The first-order valence-electron chi connectivity index (χ1n) is 9.90. The quantitative estimate of drug-likeness (QED) is 0.493. The number of aliphatic hydroxyl groups excluding tert-OH is 1. The van der Waals surface area contributed by atoms with Crippen molar-refractivity contribution in [1.29, 1.82) is 0 Å². The minimum atomic E-state index is -1.80. The molecule has 3 heterocycles. The van der Waals surface area contributed by atoms with Gasteiger partial charge in [0.1, 0.15) is 22.4 Å². The number of benzene rings is 1. The third-order valence-electron chi connectivity index (χ3n) is 5.42. The Labute approximate surface area is 181 Å². The van der Waals surface area contributed by atoms with Gasteiger partial charge in [-0.25, -0.2) is 9.18 Å². The monoisotopic (exact) mass is 444 g/mol. The Balaban J connectivity index is 1.99. The van der Waals surface area contributed by atoms with Crippen LogP contribution in [-0.2, 0) is 22.5 Å². The minimum absolute atomic E-state index is 0.0383. The largest absolute Gasteiger partial charge is 0.505 e. The van der Waals surface area contributed by atoms with Gasteiger partial charge in [0.25, 0.3) is 5.56 Å².